The van der Waals surface area contributed by atoms with Gasteiger partial charge in [-0.25, -0.2) is 4.79 Å². The molecule has 0 radical (unpaired) electrons. The quantitative estimate of drug-likeness (QED) is 0.738. The number of halogens is 1. The molecular weight excluding hydrogens is 381 g/mol. The summed E-state index contributed by atoms with van der Waals surface area (Å²) in [7, 11) is 0. The molecule has 4 nitrogen and oxygen atoms in total. The first-order valence-electron chi connectivity index (χ1n) is 7.15. The van der Waals surface area contributed by atoms with Crippen LogP contribution in [0, 0.1) is 3.57 Å². The molecular formula is C16H24INO3. The Morgan fingerprint density at radius 1 is 1.24 bits per heavy atom. The van der Waals surface area contributed by atoms with Crippen LogP contribution in [0.25, 0.3) is 0 Å². The van der Waals surface area contributed by atoms with Crippen LogP contribution in [-0.4, -0.2) is 41.4 Å². The number of benzene rings is 1. The van der Waals surface area contributed by atoms with Crippen molar-refractivity contribution in [3.63, 3.8) is 0 Å². The van der Waals surface area contributed by atoms with E-state index in [0.29, 0.717) is 19.5 Å². The molecule has 0 saturated carbocycles. The standard InChI is InChI=1S/C16H24INO3/c1-16(2,3)21-15(20)18(10-4-12-19)11-9-13-5-7-14(17)8-6-13/h5-8,19H,4,9-12H2,1-3H3. The molecule has 1 aromatic carbocycles. The summed E-state index contributed by atoms with van der Waals surface area (Å²) < 4.78 is 6.60. The van der Waals surface area contributed by atoms with Crippen molar-refractivity contribution in [2.45, 2.75) is 39.2 Å². The van der Waals surface area contributed by atoms with E-state index < -0.39 is 5.60 Å². The number of nitrogens with zero attached hydrogens (tertiary/aromatic N) is 1. The van der Waals surface area contributed by atoms with Gasteiger partial charge in [0.2, 0.25) is 0 Å². The molecule has 0 aliphatic heterocycles. The largest absolute Gasteiger partial charge is 0.444 e. The molecule has 0 atom stereocenters. The summed E-state index contributed by atoms with van der Waals surface area (Å²) in [5.41, 5.74) is 0.685. The van der Waals surface area contributed by atoms with Gasteiger partial charge in [0, 0.05) is 23.3 Å². The van der Waals surface area contributed by atoms with Crippen LogP contribution >= 0.6 is 22.6 Å². The summed E-state index contributed by atoms with van der Waals surface area (Å²) in [4.78, 5) is 13.8. The van der Waals surface area contributed by atoms with Crippen LogP contribution in [-0.2, 0) is 11.2 Å². The lowest BCUT2D eigenvalue weighted by Gasteiger charge is -2.27. The Kier molecular flexibility index (Phi) is 7.45. The fourth-order valence-electron chi connectivity index (χ4n) is 1.80. The second-order valence-electron chi connectivity index (χ2n) is 5.92. The maximum Gasteiger partial charge on any atom is 0.410 e. The molecule has 5 heteroatoms. The average molecular weight is 405 g/mol. The third-order valence-corrected chi connectivity index (χ3v) is 3.54. The molecule has 118 valence electrons. The summed E-state index contributed by atoms with van der Waals surface area (Å²) >= 11 is 2.27. The monoisotopic (exact) mass is 405 g/mol. The van der Waals surface area contributed by atoms with Gasteiger partial charge in [0.05, 0.1) is 0 Å². The highest BCUT2D eigenvalue weighted by Gasteiger charge is 2.21. The van der Waals surface area contributed by atoms with E-state index in [2.05, 4.69) is 46.9 Å². The number of hydrogen-bond donors (Lipinski definition) is 1. The predicted octanol–water partition coefficient (Wildman–Crippen LogP) is 3.45. The van der Waals surface area contributed by atoms with Crippen LogP contribution in [0.5, 0.6) is 0 Å². The first-order chi connectivity index (χ1) is 9.81. The first-order valence-corrected chi connectivity index (χ1v) is 8.23. The molecule has 0 fully saturated rings. The third kappa shape index (κ3) is 7.66. The highest BCUT2D eigenvalue weighted by atomic mass is 127. The van der Waals surface area contributed by atoms with Gasteiger partial charge in [-0.1, -0.05) is 12.1 Å². The Bertz CT molecular complexity index is 440. The van der Waals surface area contributed by atoms with Crippen molar-refractivity contribution in [2.24, 2.45) is 0 Å². The lowest BCUT2D eigenvalue weighted by atomic mass is 10.1. The van der Waals surface area contributed by atoms with Crippen LogP contribution in [0.1, 0.15) is 32.8 Å². The van der Waals surface area contributed by atoms with Crippen molar-refractivity contribution in [2.75, 3.05) is 19.7 Å². The lowest BCUT2D eigenvalue weighted by molar-refractivity contribution is 0.0243. The fraction of sp³-hybridized carbons (Fsp3) is 0.562. The minimum atomic E-state index is -0.503. The zero-order valence-electron chi connectivity index (χ0n) is 12.9. The van der Waals surface area contributed by atoms with E-state index in [1.54, 1.807) is 4.90 Å². The van der Waals surface area contributed by atoms with Gasteiger partial charge in [-0.05, 0) is 73.9 Å². The average Bonchev–Trinajstić information content (AvgIpc) is 2.38. The second-order valence-corrected chi connectivity index (χ2v) is 7.17. The fourth-order valence-corrected chi connectivity index (χ4v) is 2.16. The van der Waals surface area contributed by atoms with Crippen LogP contribution in [0.4, 0.5) is 4.79 Å². The van der Waals surface area contributed by atoms with Crippen molar-refractivity contribution in [3.8, 4) is 0 Å². The molecule has 0 bridgehead atoms. The molecule has 21 heavy (non-hydrogen) atoms. The molecule has 0 aliphatic carbocycles. The van der Waals surface area contributed by atoms with Gasteiger partial charge in [0.25, 0.3) is 0 Å². The van der Waals surface area contributed by atoms with Crippen LogP contribution in [0.3, 0.4) is 0 Å². The molecule has 1 aromatic rings. The first kappa shape index (κ1) is 18.2. The van der Waals surface area contributed by atoms with Gasteiger partial charge >= 0.3 is 6.09 Å². The summed E-state index contributed by atoms with van der Waals surface area (Å²) in [5.74, 6) is 0. The summed E-state index contributed by atoms with van der Waals surface area (Å²) in [5, 5.41) is 8.97. The molecule has 1 rings (SSSR count). The topological polar surface area (TPSA) is 49.8 Å². The van der Waals surface area contributed by atoms with E-state index in [-0.39, 0.29) is 12.7 Å². The van der Waals surface area contributed by atoms with Gasteiger partial charge in [0.15, 0.2) is 0 Å². The van der Waals surface area contributed by atoms with Crippen LogP contribution in [0.15, 0.2) is 24.3 Å². The van der Waals surface area contributed by atoms with Gasteiger partial charge in [-0.15, -0.1) is 0 Å². The van der Waals surface area contributed by atoms with Crippen LogP contribution in [0.2, 0.25) is 0 Å². The Balaban J connectivity index is 2.60. The molecule has 0 heterocycles. The Morgan fingerprint density at radius 2 is 1.86 bits per heavy atom. The maximum atomic E-state index is 12.2. The highest BCUT2D eigenvalue weighted by molar-refractivity contribution is 14.1. The van der Waals surface area contributed by atoms with E-state index in [1.165, 1.54) is 9.13 Å². The Hall–Kier alpha value is -0.820. The van der Waals surface area contributed by atoms with E-state index >= 15 is 0 Å². The number of hydrogen-bond acceptors (Lipinski definition) is 3. The molecule has 1 N–H and O–H groups in total. The minimum Gasteiger partial charge on any atom is -0.444 e. The number of ether oxygens (including phenoxy) is 1. The maximum absolute atomic E-state index is 12.2. The molecule has 0 saturated heterocycles. The second kappa shape index (κ2) is 8.58. The summed E-state index contributed by atoms with van der Waals surface area (Å²) in [6, 6.07) is 8.25. The van der Waals surface area contributed by atoms with Crippen LogP contribution < -0.4 is 0 Å². The predicted molar refractivity (Wildman–Crippen MR) is 92.4 cm³/mol. The van der Waals surface area contributed by atoms with E-state index in [1.807, 2.05) is 20.8 Å². The number of aliphatic hydroxyl groups excluding tert-OH is 1. The van der Waals surface area contributed by atoms with Gasteiger partial charge in [-0.3, -0.25) is 0 Å². The van der Waals surface area contributed by atoms with Gasteiger partial charge in [-0.2, -0.15) is 0 Å². The highest BCUT2D eigenvalue weighted by Crippen LogP contribution is 2.12. The Labute approximate surface area is 140 Å². The van der Waals surface area contributed by atoms with E-state index in [0.717, 1.165) is 6.42 Å². The normalized spacial score (nSPS) is 11.3. The number of carbonyl (C=O) groups excluding carboxylic acids is 1. The summed E-state index contributed by atoms with van der Waals surface area (Å²) in [6.07, 6.45) is 1.02. The van der Waals surface area contributed by atoms with Crippen molar-refractivity contribution in [1.29, 1.82) is 0 Å². The van der Waals surface area contributed by atoms with Crippen molar-refractivity contribution < 1.29 is 14.6 Å². The number of rotatable bonds is 6. The number of carbonyl (C=O) groups is 1. The van der Waals surface area contributed by atoms with E-state index in [4.69, 9.17) is 9.84 Å². The molecule has 0 unspecified atom stereocenters. The van der Waals surface area contributed by atoms with E-state index in [9.17, 15) is 4.79 Å². The lowest BCUT2D eigenvalue weighted by Crippen LogP contribution is -2.38. The smallest absolute Gasteiger partial charge is 0.410 e. The molecule has 0 aliphatic rings. The summed E-state index contributed by atoms with van der Waals surface area (Å²) in [6.45, 7) is 6.74. The Morgan fingerprint density at radius 3 is 2.38 bits per heavy atom. The zero-order chi connectivity index (χ0) is 15.9. The zero-order valence-corrected chi connectivity index (χ0v) is 15.1. The third-order valence-electron chi connectivity index (χ3n) is 2.82. The number of aliphatic hydroxyl groups is 1. The minimum absolute atomic E-state index is 0.0723. The van der Waals surface area contributed by atoms with Gasteiger partial charge < -0.3 is 14.7 Å². The number of amides is 1. The molecule has 0 aromatic heterocycles. The van der Waals surface area contributed by atoms with Crippen molar-refractivity contribution in [3.05, 3.63) is 33.4 Å². The van der Waals surface area contributed by atoms with Gasteiger partial charge in [0.1, 0.15) is 5.60 Å². The SMILES string of the molecule is CC(C)(C)OC(=O)N(CCCO)CCc1ccc(I)cc1. The van der Waals surface area contributed by atoms with Crippen molar-refractivity contribution >= 4 is 28.7 Å². The molecule has 0 spiro atoms. The molecule has 1 amide bonds. The van der Waals surface area contributed by atoms with Crippen molar-refractivity contribution in [1.82, 2.24) is 4.90 Å².